The molecule has 1 saturated heterocycles. The first-order valence-corrected chi connectivity index (χ1v) is 9.57. The Morgan fingerprint density at radius 2 is 1.96 bits per heavy atom. The van der Waals surface area contributed by atoms with Gasteiger partial charge in [-0.1, -0.05) is 18.6 Å². The van der Waals surface area contributed by atoms with E-state index in [-0.39, 0.29) is 36.4 Å². The van der Waals surface area contributed by atoms with E-state index in [0.717, 1.165) is 36.9 Å². The molecule has 1 amide bonds. The van der Waals surface area contributed by atoms with Gasteiger partial charge in [0.1, 0.15) is 12.3 Å². The Morgan fingerprint density at radius 1 is 1.22 bits per heavy atom. The third-order valence-corrected chi connectivity index (χ3v) is 5.51. The fourth-order valence-electron chi connectivity index (χ4n) is 3.77. The van der Waals surface area contributed by atoms with Crippen LogP contribution in [0.1, 0.15) is 38.2 Å². The van der Waals surface area contributed by atoms with Crippen LogP contribution < -0.4 is 15.4 Å². The van der Waals surface area contributed by atoms with Crippen LogP contribution in [0.2, 0.25) is 0 Å². The van der Waals surface area contributed by atoms with Gasteiger partial charge in [-0.05, 0) is 49.3 Å². The van der Waals surface area contributed by atoms with Gasteiger partial charge in [0.25, 0.3) is 0 Å². The van der Waals surface area contributed by atoms with Gasteiger partial charge in [-0.25, -0.2) is 4.99 Å². The topological polar surface area (TPSA) is 66.0 Å². The summed E-state index contributed by atoms with van der Waals surface area (Å²) in [5, 5.41) is 6.26. The minimum atomic E-state index is -0.0613. The quantitative estimate of drug-likeness (QED) is 0.369. The lowest BCUT2D eigenvalue weighted by molar-refractivity contribution is -0.119. The number of amides is 1. The number of likely N-dealkylation sites (tertiary alicyclic amines) is 1. The van der Waals surface area contributed by atoms with Gasteiger partial charge in [0.15, 0.2) is 5.96 Å². The van der Waals surface area contributed by atoms with E-state index in [9.17, 15) is 4.79 Å². The molecule has 1 aromatic rings. The highest BCUT2D eigenvalue weighted by atomic mass is 127. The van der Waals surface area contributed by atoms with Gasteiger partial charge in [-0.15, -0.1) is 24.0 Å². The van der Waals surface area contributed by atoms with Crippen molar-refractivity contribution in [3.8, 4) is 5.75 Å². The molecule has 2 fully saturated rings. The molecular formula is C20H31IN4O2. The highest BCUT2D eigenvalue weighted by Crippen LogP contribution is 2.47. The second kappa shape index (κ2) is 10.1. The molecule has 3 rings (SSSR count). The van der Waals surface area contributed by atoms with Crippen molar-refractivity contribution in [2.75, 3.05) is 33.3 Å². The number of aliphatic imine (C=N–C) groups is 1. The smallest absolute Gasteiger partial charge is 0.242 e. The standard InChI is InChI=1S/C20H30N4O2.HI/c1-3-21-19(24-12-11-20(15-24)9-4-10-20)23-14-18(25)22-13-16-5-7-17(26-2)8-6-16;/h5-8H,3-4,9-15H2,1-2H3,(H,21,23)(H,22,25);1H. The first-order chi connectivity index (χ1) is 12.6. The zero-order valence-electron chi connectivity index (χ0n) is 16.3. The highest BCUT2D eigenvalue weighted by Gasteiger charge is 2.43. The number of guanidine groups is 1. The number of ether oxygens (including phenoxy) is 1. The van der Waals surface area contributed by atoms with Gasteiger partial charge >= 0.3 is 0 Å². The van der Waals surface area contributed by atoms with E-state index >= 15 is 0 Å². The van der Waals surface area contributed by atoms with Crippen molar-refractivity contribution in [2.45, 2.75) is 39.2 Å². The van der Waals surface area contributed by atoms with Crippen LogP contribution in [-0.2, 0) is 11.3 Å². The van der Waals surface area contributed by atoms with Crippen LogP contribution in [0.4, 0.5) is 0 Å². The maximum atomic E-state index is 12.2. The molecule has 27 heavy (non-hydrogen) atoms. The van der Waals surface area contributed by atoms with E-state index in [1.54, 1.807) is 7.11 Å². The average molecular weight is 486 g/mol. The Bertz CT molecular complexity index is 644. The second-order valence-corrected chi connectivity index (χ2v) is 7.32. The number of rotatable bonds is 6. The minimum Gasteiger partial charge on any atom is -0.497 e. The summed E-state index contributed by atoms with van der Waals surface area (Å²) in [5.41, 5.74) is 1.56. The molecule has 0 unspecified atom stereocenters. The maximum Gasteiger partial charge on any atom is 0.242 e. The maximum absolute atomic E-state index is 12.2. The van der Waals surface area contributed by atoms with E-state index in [0.29, 0.717) is 12.0 Å². The third-order valence-electron chi connectivity index (χ3n) is 5.51. The molecule has 1 spiro atoms. The molecule has 1 heterocycles. The number of hydrogen-bond acceptors (Lipinski definition) is 3. The number of carbonyl (C=O) groups is 1. The SMILES string of the molecule is CCNC(=NCC(=O)NCc1ccc(OC)cc1)N1CCC2(CCC2)C1.I. The highest BCUT2D eigenvalue weighted by molar-refractivity contribution is 14.0. The normalized spacial score (nSPS) is 17.9. The summed E-state index contributed by atoms with van der Waals surface area (Å²) in [6, 6.07) is 7.70. The lowest BCUT2D eigenvalue weighted by Gasteiger charge is -2.38. The van der Waals surface area contributed by atoms with Crippen molar-refractivity contribution in [1.82, 2.24) is 15.5 Å². The number of hydrogen-bond donors (Lipinski definition) is 2. The fraction of sp³-hybridized carbons (Fsp3) is 0.600. The molecule has 0 atom stereocenters. The van der Waals surface area contributed by atoms with Crippen molar-refractivity contribution in [3.63, 3.8) is 0 Å². The summed E-state index contributed by atoms with van der Waals surface area (Å²) in [5.74, 6) is 1.62. The van der Waals surface area contributed by atoms with E-state index in [4.69, 9.17) is 4.74 Å². The number of nitrogens with one attached hydrogen (secondary N) is 2. The van der Waals surface area contributed by atoms with Crippen LogP contribution in [0.5, 0.6) is 5.75 Å². The largest absolute Gasteiger partial charge is 0.497 e. The van der Waals surface area contributed by atoms with Gasteiger partial charge in [-0.3, -0.25) is 4.79 Å². The molecule has 6 nitrogen and oxygen atoms in total. The van der Waals surface area contributed by atoms with Crippen LogP contribution in [0.15, 0.2) is 29.3 Å². The monoisotopic (exact) mass is 486 g/mol. The van der Waals surface area contributed by atoms with Crippen molar-refractivity contribution in [3.05, 3.63) is 29.8 Å². The Balaban J connectivity index is 0.00000261. The number of benzene rings is 1. The van der Waals surface area contributed by atoms with Crippen molar-refractivity contribution in [2.24, 2.45) is 10.4 Å². The molecule has 1 aromatic carbocycles. The minimum absolute atomic E-state index is 0. The fourth-order valence-corrected chi connectivity index (χ4v) is 3.77. The molecule has 1 aliphatic carbocycles. The second-order valence-electron chi connectivity index (χ2n) is 7.32. The predicted molar refractivity (Wildman–Crippen MR) is 119 cm³/mol. The summed E-state index contributed by atoms with van der Waals surface area (Å²) in [6.45, 7) is 5.65. The van der Waals surface area contributed by atoms with Gasteiger partial charge < -0.3 is 20.3 Å². The van der Waals surface area contributed by atoms with Crippen LogP contribution >= 0.6 is 24.0 Å². The molecule has 150 valence electrons. The summed E-state index contributed by atoms with van der Waals surface area (Å²) < 4.78 is 5.14. The van der Waals surface area contributed by atoms with Crippen molar-refractivity contribution >= 4 is 35.8 Å². The molecule has 0 radical (unpaired) electrons. The van der Waals surface area contributed by atoms with Crippen molar-refractivity contribution in [1.29, 1.82) is 0 Å². The zero-order chi connectivity index (χ0) is 18.4. The van der Waals surface area contributed by atoms with Crippen LogP contribution in [0.3, 0.4) is 0 Å². The molecule has 2 aliphatic rings. The first kappa shape index (κ1) is 21.8. The molecular weight excluding hydrogens is 455 g/mol. The molecule has 1 saturated carbocycles. The molecule has 0 aromatic heterocycles. The summed E-state index contributed by atoms with van der Waals surface area (Å²) in [7, 11) is 1.64. The van der Waals surface area contributed by atoms with Crippen LogP contribution in [0, 0.1) is 5.41 Å². The lowest BCUT2D eigenvalue weighted by atomic mass is 9.68. The van der Waals surface area contributed by atoms with Gasteiger partial charge in [0.2, 0.25) is 5.91 Å². The number of halogens is 1. The van der Waals surface area contributed by atoms with Gasteiger partial charge in [0, 0.05) is 26.2 Å². The Labute approximate surface area is 179 Å². The predicted octanol–water partition coefficient (Wildman–Crippen LogP) is 2.77. The molecule has 2 N–H and O–H groups in total. The third kappa shape index (κ3) is 5.73. The molecule has 7 heteroatoms. The van der Waals surface area contributed by atoms with Crippen molar-refractivity contribution < 1.29 is 9.53 Å². The number of methoxy groups -OCH3 is 1. The first-order valence-electron chi connectivity index (χ1n) is 9.57. The van der Waals surface area contributed by atoms with Crippen LogP contribution in [0.25, 0.3) is 0 Å². The number of carbonyl (C=O) groups excluding carboxylic acids is 1. The van der Waals surface area contributed by atoms with Gasteiger partial charge in [0.05, 0.1) is 7.11 Å². The lowest BCUT2D eigenvalue weighted by Crippen LogP contribution is -2.43. The summed E-state index contributed by atoms with van der Waals surface area (Å²) in [4.78, 5) is 19.0. The van der Waals surface area contributed by atoms with E-state index < -0.39 is 0 Å². The Kier molecular flexibility index (Phi) is 8.19. The molecule has 1 aliphatic heterocycles. The zero-order valence-corrected chi connectivity index (χ0v) is 18.6. The van der Waals surface area contributed by atoms with E-state index in [1.165, 1.54) is 25.7 Å². The Hall–Kier alpha value is -1.51. The van der Waals surface area contributed by atoms with Gasteiger partial charge in [-0.2, -0.15) is 0 Å². The van der Waals surface area contributed by atoms with E-state index in [1.807, 2.05) is 24.3 Å². The Morgan fingerprint density at radius 3 is 2.52 bits per heavy atom. The van der Waals surface area contributed by atoms with Crippen LogP contribution in [-0.4, -0.2) is 50.1 Å². The molecule has 0 bridgehead atoms. The number of nitrogens with zero attached hydrogens (tertiary/aromatic N) is 2. The summed E-state index contributed by atoms with van der Waals surface area (Å²) in [6.07, 6.45) is 5.28. The van der Waals surface area contributed by atoms with E-state index in [2.05, 4.69) is 27.4 Å². The summed E-state index contributed by atoms with van der Waals surface area (Å²) >= 11 is 0. The average Bonchev–Trinajstić information content (AvgIpc) is 3.10.